The van der Waals surface area contributed by atoms with Gasteiger partial charge in [-0.05, 0) is 24.3 Å². The minimum Gasteiger partial charge on any atom is -0.496 e. The first-order valence-electron chi connectivity index (χ1n) is 7.57. The third-order valence-electron chi connectivity index (χ3n) is 4.71. The van der Waals surface area contributed by atoms with Crippen LogP contribution in [-0.4, -0.2) is 12.9 Å². The summed E-state index contributed by atoms with van der Waals surface area (Å²) < 4.78 is 5.31. The van der Waals surface area contributed by atoms with Gasteiger partial charge in [0.1, 0.15) is 11.7 Å². The largest absolute Gasteiger partial charge is 0.496 e. The van der Waals surface area contributed by atoms with Crippen LogP contribution in [0.25, 0.3) is 0 Å². The molecular formula is C18H23NO2. The van der Waals surface area contributed by atoms with Crippen molar-refractivity contribution in [3.05, 3.63) is 29.8 Å². The average Bonchev–Trinajstić information content (AvgIpc) is 2.48. The number of ether oxygens (including phenoxy) is 1. The van der Waals surface area contributed by atoms with Crippen molar-refractivity contribution in [2.75, 3.05) is 7.11 Å². The number of para-hydroxylation sites is 1. The highest BCUT2D eigenvalue weighted by Crippen LogP contribution is 2.43. The molecule has 3 nitrogen and oxygen atoms in total. The molecule has 21 heavy (non-hydrogen) atoms. The molecule has 0 aromatic heterocycles. The lowest BCUT2D eigenvalue weighted by Crippen LogP contribution is -2.36. The second-order valence-corrected chi connectivity index (χ2v) is 6.49. The van der Waals surface area contributed by atoms with Crippen LogP contribution in [-0.2, 0) is 4.79 Å². The fourth-order valence-electron chi connectivity index (χ4n) is 3.41. The first-order valence-corrected chi connectivity index (χ1v) is 7.57. The zero-order chi connectivity index (χ0) is 15.5. The molecule has 0 bridgehead atoms. The zero-order valence-electron chi connectivity index (χ0n) is 13.1. The van der Waals surface area contributed by atoms with Crippen molar-refractivity contribution in [2.45, 2.75) is 45.4 Å². The van der Waals surface area contributed by atoms with E-state index >= 15 is 0 Å². The SMILES string of the molecule is COc1ccccc1C(C#N)C(=O)C1CCCCC1(C)C. The summed E-state index contributed by atoms with van der Waals surface area (Å²) >= 11 is 0. The van der Waals surface area contributed by atoms with Crippen LogP contribution >= 0.6 is 0 Å². The van der Waals surface area contributed by atoms with Crippen molar-refractivity contribution < 1.29 is 9.53 Å². The van der Waals surface area contributed by atoms with E-state index in [9.17, 15) is 10.1 Å². The van der Waals surface area contributed by atoms with E-state index in [4.69, 9.17) is 4.74 Å². The fourth-order valence-corrected chi connectivity index (χ4v) is 3.41. The Hall–Kier alpha value is -1.82. The summed E-state index contributed by atoms with van der Waals surface area (Å²) in [5.41, 5.74) is 0.667. The molecular weight excluding hydrogens is 262 g/mol. The van der Waals surface area contributed by atoms with E-state index < -0.39 is 5.92 Å². The second-order valence-electron chi connectivity index (χ2n) is 6.49. The van der Waals surface area contributed by atoms with Gasteiger partial charge in [0.05, 0.1) is 13.2 Å². The predicted octanol–water partition coefficient (Wildman–Crippen LogP) is 4.09. The number of carbonyl (C=O) groups excluding carboxylic acids is 1. The minimum absolute atomic E-state index is 0.0214. The maximum absolute atomic E-state index is 12.9. The van der Waals surface area contributed by atoms with Crippen molar-refractivity contribution in [3.8, 4) is 11.8 Å². The van der Waals surface area contributed by atoms with E-state index in [0.717, 1.165) is 19.3 Å². The van der Waals surface area contributed by atoms with E-state index in [1.54, 1.807) is 13.2 Å². The highest BCUT2D eigenvalue weighted by Gasteiger charge is 2.40. The van der Waals surface area contributed by atoms with E-state index in [-0.39, 0.29) is 17.1 Å². The molecule has 1 aliphatic rings. The van der Waals surface area contributed by atoms with Gasteiger partial charge in [0, 0.05) is 11.5 Å². The summed E-state index contributed by atoms with van der Waals surface area (Å²) in [6.07, 6.45) is 4.18. The molecule has 1 aromatic carbocycles. The molecule has 0 saturated heterocycles. The number of Topliss-reactive ketones (excluding diaryl/α,β-unsaturated/α-hetero) is 1. The highest BCUT2D eigenvalue weighted by atomic mass is 16.5. The van der Waals surface area contributed by atoms with Gasteiger partial charge in [-0.15, -0.1) is 0 Å². The predicted molar refractivity (Wildman–Crippen MR) is 82.1 cm³/mol. The molecule has 0 radical (unpaired) electrons. The van der Waals surface area contributed by atoms with Crippen LogP contribution in [0.5, 0.6) is 5.75 Å². The number of rotatable bonds is 4. The Kier molecular flexibility index (Phi) is 4.67. The summed E-state index contributed by atoms with van der Waals surface area (Å²) in [5.74, 6) is -0.109. The zero-order valence-corrected chi connectivity index (χ0v) is 13.1. The molecule has 2 rings (SSSR count). The van der Waals surface area contributed by atoms with Crippen LogP contribution in [0.4, 0.5) is 0 Å². The molecule has 2 atom stereocenters. The highest BCUT2D eigenvalue weighted by molar-refractivity contribution is 5.91. The Morgan fingerprint density at radius 2 is 2.10 bits per heavy atom. The summed E-state index contributed by atoms with van der Waals surface area (Å²) in [6.45, 7) is 4.29. The lowest BCUT2D eigenvalue weighted by atomic mass is 9.65. The van der Waals surface area contributed by atoms with Crippen molar-refractivity contribution >= 4 is 5.78 Å². The van der Waals surface area contributed by atoms with Crippen molar-refractivity contribution in [1.29, 1.82) is 5.26 Å². The van der Waals surface area contributed by atoms with Crippen molar-refractivity contribution in [1.82, 2.24) is 0 Å². The lowest BCUT2D eigenvalue weighted by molar-refractivity contribution is -0.128. The Bertz CT molecular complexity index is 557. The van der Waals surface area contributed by atoms with E-state index in [0.29, 0.717) is 11.3 Å². The molecule has 2 unspecified atom stereocenters. The summed E-state index contributed by atoms with van der Waals surface area (Å²) in [6, 6.07) is 9.52. The van der Waals surface area contributed by atoms with Crippen LogP contribution in [0.1, 0.15) is 51.0 Å². The topological polar surface area (TPSA) is 50.1 Å². The lowest BCUT2D eigenvalue weighted by Gasteiger charge is -2.38. The number of nitrogens with zero attached hydrogens (tertiary/aromatic N) is 1. The van der Waals surface area contributed by atoms with Gasteiger partial charge in [0.25, 0.3) is 0 Å². The fraction of sp³-hybridized carbons (Fsp3) is 0.556. The molecule has 0 amide bonds. The Balaban J connectivity index is 2.33. The van der Waals surface area contributed by atoms with Crippen molar-refractivity contribution in [3.63, 3.8) is 0 Å². The summed E-state index contributed by atoms with van der Waals surface area (Å²) in [5, 5.41) is 9.54. The number of hydrogen-bond acceptors (Lipinski definition) is 3. The van der Waals surface area contributed by atoms with Crippen molar-refractivity contribution in [2.24, 2.45) is 11.3 Å². The smallest absolute Gasteiger partial charge is 0.158 e. The van der Waals surface area contributed by atoms with Gasteiger partial charge in [-0.3, -0.25) is 4.79 Å². The Morgan fingerprint density at radius 3 is 2.71 bits per heavy atom. The summed E-state index contributed by atoms with van der Waals surface area (Å²) in [7, 11) is 1.57. The van der Waals surface area contributed by atoms with Gasteiger partial charge >= 0.3 is 0 Å². The van der Waals surface area contributed by atoms with Gasteiger partial charge in [-0.25, -0.2) is 0 Å². The maximum Gasteiger partial charge on any atom is 0.158 e. The van der Waals surface area contributed by atoms with Gasteiger partial charge in [-0.1, -0.05) is 44.9 Å². The van der Waals surface area contributed by atoms with Crippen LogP contribution in [0, 0.1) is 22.7 Å². The average molecular weight is 285 g/mol. The molecule has 112 valence electrons. The van der Waals surface area contributed by atoms with Gasteiger partial charge in [0.15, 0.2) is 5.78 Å². The number of hydrogen-bond donors (Lipinski definition) is 0. The molecule has 0 aliphatic heterocycles. The number of carbonyl (C=O) groups is 1. The molecule has 0 spiro atoms. The second kappa shape index (κ2) is 6.30. The number of methoxy groups -OCH3 is 1. The normalized spacial score (nSPS) is 22.1. The standard InChI is InChI=1S/C18H23NO2/c1-18(2)11-7-6-9-15(18)17(20)14(12-19)13-8-4-5-10-16(13)21-3/h4-5,8,10,14-15H,6-7,9,11H2,1-3H3. The molecule has 1 fully saturated rings. The third-order valence-corrected chi connectivity index (χ3v) is 4.71. The monoisotopic (exact) mass is 285 g/mol. The maximum atomic E-state index is 12.9. The van der Waals surface area contributed by atoms with Crippen LogP contribution in [0.2, 0.25) is 0 Å². The van der Waals surface area contributed by atoms with E-state index in [1.807, 2.05) is 18.2 Å². The van der Waals surface area contributed by atoms with E-state index in [2.05, 4.69) is 19.9 Å². The van der Waals surface area contributed by atoms with Gasteiger partial charge in [-0.2, -0.15) is 5.26 Å². The molecule has 0 N–H and O–H groups in total. The molecule has 3 heteroatoms. The molecule has 1 aliphatic carbocycles. The van der Waals surface area contributed by atoms with Gasteiger partial charge < -0.3 is 4.74 Å². The molecule has 0 heterocycles. The first-order chi connectivity index (χ1) is 10.0. The minimum atomic E-state index is -0.733. The number of nitriles is 1. The Morgan fingerprint density at radius 1 is 1.38 bits per heavy atom. The number of benzene rings is 1. The third kappa shape index (κ3) is 3.10. The van der Waals surface area contributed by atoms with Crippen LogP contribution in [0.15, 0.2) is 24.3 Å². The van der Waals surface area contributed by atoms with Crippen LogP contribution < -0.4 is 4.74 Å². The summed E-state index contributed by atoms with van der Waals surface area (Å²) in [4.78, 5) is 12.9. The Labute approximate surface area is 126 Å². The molecule has 1 aromatic rings. The van der Waals surface area contributed by atoms with Gasteiger partial charge in [0.2, 0.25) is 0 Å². The molecule has 1 saturated carbocycles. The van der Waals surface area contributed by atoms with Crippen LogP contribution in [0.3, 0.4) is 0 Å². The quantitative estimate of drug-likeness (QED) is 0.837. The first kappa shape index (κ1) is 15.6. The van der Waals surface area contributed by atoms with E-state index in [1.165, 1.54) is 6.42 Å². The number of ketones is 1.